The van der Waals surface area contributed by atoms with Crippen LogP contribution < -0.4 is 0 Å². The van der Waals surface area contributed by atoms with E-state index in [9.17, 15) is 14.3 Å². The molecule has 1 fully saturated rings. The molecule has 0 amide bonds. The molecule has 1 saturated heterocycles. The van der Waals surface area contributed by atoms with Gasteiger partial charge in [-0.25, -0.2) is 4.39 Å². The van der Waals surface area contributed by atoms with Crippen LogP contribution in [-0.4, -0.2) is 33.5 Å². The van der Waals surface area contributed by atoms with Crippen LogP contribution in [0.4, 0.5) is 4.39 Å². The third-order valence-electron chi connectivity index (χ3n) is 4.34. The summed E-state index contributed by atoms with van der Waals surface area (Å²) < 4.78 is 14.4. The largest absolute Gasteiger partial charge is 0.480 e. The average molecular weight is 314 g/mol. The Morgan fingerprint density at radius 1 is 1.22 bits per heavy atom. The zero-order chi connectivity index (χ0) is 16.2. The highest BCUT2D eigenvalue weighted by molar-refractivity contribution is 5.73. The van der Waals surface area contributed by atoms with Crippen LogP contribution in [0.5, 0.6) is 0 Å². The average Bonchev–Trinajstić information content (AvgIpc) is 2.58. The van der Waals surface area contributed by atoms with Gasteiger partial charge >= 0.3 is 5.97 Å². The number of carboxylic acids is 1. The molecule has 3 rings (SSSR count). The third kappa shape index (κ3) is 3.56. The summed E-state index contributed by atoms with van der Waals surface area (Å²) in [4.78, 5) is 17.2. The van der Waals surface area contributed by atoms with Crippen molar-refractivity contribution >= 4 is 5.97 Å². The molecule has 1 N–H and O–H groups in total. The highest BCUT2D eigenvalue weighted by Gasteiger charge is 2.28. The summed E-state index contributed by atoms with van der Waals surface area (Å²) >= 11 is 0. The molecule has 0 saturated carbocycles. The topological polar surface area (TPSA) is 53.4 Å². The normalized spacial score (nSPS) is 18.7. The second kappa shape index (κ2) is 6.87. The summed E-state index contributed by atoms with van der Waals surface area (Å²) in [5.41, 5.74) is 2.24. The minimum atomic E-state index is -0.821. The Hall–Kier alpha value is -2.27. The van der Waals surface area contributed by atoms with E-state index in [1.54, 1.807) is 18.5 Å². The van der Waals surface area contributed by atoms with Crippen molar-refractivity contribution in [3.05, 3.63) is 54.1 Å². The second-order valence-corrected chi connectivity index (χ2v) is 5.86. The van der Waals surface area contributed by atoms with Gasteiger partial charge in [-0.2, -0.15) is 0 Å². The van der Waals surface area contributed by atoms with Crippen LogP contribution in [0.1, 0.15) is 24.8 Å². The smallest absolute Gasteiger partial charge is 0.320 e. The second-order valence-electron chi connectivity index (χ2n) is 5.86. The number of hydrogen-bond acceptors (Lipinski definition) is 3. The maximum absolute atomic E-state index is 14.4. The Kier molecular flexibility index (Phi) is 4.67. The molecule has 0 aliphatic carbocycles. The lowest BCUT2D eigenvalue weighted by Gasteiger charge is -2.32. The van der Waals surface area contributed by atoms with Crippen molar-refractivity contribution < 1.29 is 14.3 Å². The number of nitrogens with zero attached hydrogens (tertiary/aromatic N) is 2. The summed E-state index contributed by atoms with van der Waals surface area (Å²) in [5, 5.41) is 9.31. The van der Waals surface area contributed by atoms with Crippen molar-refractivity contribution in [1.82, 2.24) is 9.88 Å². The monoisotopic (exact) mass is 314 g/mol. The van der Waals surface area contributed by atoms with E-state index in [4.69, 9.17) is 0 Å². The lowest BCUT2D eigenvalue weighted by atomic mass is 10.00. The van der Waals surface area contributed by atoms with E-state index in [2.05, 4.69) is 4.98 Å². The Labute approximate surface area is 134 Å². The van der Waals surface area contributed by atoms with E-state index in [1.807, 2.05) is 23.1 Å². The van der Waals surface area contributed by atoms with Gasteiger partial charge in [-0.15, -0.1) is 0 Å². The molecule has 4 nitrogen and oxygen atoms in total. The Bertz CT molecular complexity index is 691. The molecule has 1 atom stereocenters. The predicted octanol–water partition coefficient (Wildman–Crippen LogP) is 3.33. The van der Waals surface area contributed by atoms with Crippen molar-refractivity contribution in [2.24, 2.45) is 0 Å². The van der Waals surface area contributed by atoms with Gasteiger partial charge in [0.25, 0.3) is 0 Å². The van der Waals surface area contributed by atoms with E-state index in [-0.39, 0.29) is 5.82 Å². The lowest BCUT2D eigenvalue weighted by molar-refractivity contribution is -0.144. The van der Waals surface area contributed by atoms with Crippen LogP contribution in [0, 0.1) is 5.82 Å². The number of carbonyl (C=O) groups is 1. The zero-order valence-corrected chi connectivity index (χ0v) is 12.8. The molecule has 0 spiro atoms. The fourth-order valence-corrected chi connectivity index (χ4v) is 3.08. The summed E-state index contributed by atoms with van der Waals surface area (Å²) in [6.45, 7) is 1.03. The van der Waals surface area contributed by atoms with Crippen LogP contribution in [0.2, 0.25) is 0 Å². The van der Waals surface area contributed by atoms with Crippen molar-refractivity contribution in [3.63, 3.8) is 0 Å². The van der Waals surface area contributed by atoms with Gasteiger partial charge in [0.05, 0.1) is 0 Å². The summed E-state index contributed by atoms with van der Waals surface area (Å²) in [5.74, 6) is -1.12. The summed E-state index contributed by atoms with van der Waals surface area (Å²) in [6, 6.07) is 8.28. The van der Waals surface area contributed by atoms with Gasteiger partial charge in [-0.05, 0) is 48.7 Å². The molecule has 2 aromatic rings. The van der Waals surface area contributed by atoms with E-state index < -0.39 is 12.0 Å². The Morgan fingerprint density at radius 3 is 2.70 bits per heavy atom. The minimum absolute atomic E-state index is 0.297. The van der Waals surface area contributed by atoms with Crippen LogP contribution in [-0.2, 0) is 11.3 Å². The molecule has 0 radical (unpaired) electrons. The summed E-state index contributed by atoms with van der Waals surface area (Å²) in [6.07, 6.45) is 5.85. The molecular formula is C18H19FN2O2. The number of halogens is 1. The maximum Gasteiger partial charge on any atom is 0.320 e. The van der Waals surface area contributed by atoms with E-state index in [0.29, 0.717) is 25.1 Å². The Morgan fingerprint density at radius 2 is 2.00 bits per heavy atom. The van der Waals surface area contributed by atoms with Gasteiger partial charge in [0.1, 0.15) is 11.9 Å². The first-order valence-electron chi connectivity index (χ1n) is 7.81. The summed E-state index contributed by atoms with van der Waals surface area (Å²) in [7, 11) is 0. The number of aromatic nitrogens is 1. The molecule has 5 heteroatoms. The number of rotatable bonds is 4. The van der Waals surface area contributed by atoms with Crippen molar-refractivity contribution in [1.29, 1.82) is 0 Å². The van der Waals surface area contributed by atoms with Crippen molar-refractivity contribution in [3.8, 4) is 11.1 Å². The molecule has 1 unspecified atom stereocenters. The van der Waals surface area contributed by atoms with Crippen LogP contribution >= 0.6 is 0 Å². The van der Waals surface area contributed by atoms with Crippen LogP contribution in [0.3, 0.4) is 0 Å². The fourth-order valence-electron chi connectivity index (χ4n) is 3.08. The van der Waals surface area contributed by atoms with Gasteiger partial charge in [-0.1, -0.05) is 18.6 Å². The number of carboxylic acid groups (broad SMARTS) is 1. The Balaban J connectivity index is 1.79. The first-order chi connectivity index (χ1) is 11.1. The molecule has 1 aliphatic rings. The SMILES string of the molecule is O=C(O)C1CCCCN1Cc1ccc(-c2ccncc2)cc1F. The van der Waals surface area contributed by atoms with Crippen LogP contribution in [0.25, 0.3) is 11.1 Å². The lowest BCUT2D eigenvalue weighted by Crippen LogP contribution is -2.44. The zero-order valence-electron chi connectivity index (χ0n) is 12.8. The predicted molar refractivity (Wildman–Crippen MR) is 85.3 cm³/mol. The fraction of sp³-hybridized carbons (Fsp3) is 0.333. The maximum atomic E-state index is 14.4. The van der Waals surface area contributed by atoms with Gasteiger partial charge in [0.2, 0.25) is 0 Å². The van der Waals surface area contributed by atoms with Gasteiger partial charge in [0.15, 0.2) is 0 Å². The van der Waals surface area contributed by atoms with E-state index >= 15 is 0 Å². The third-order valence-corrected chi connectivity index (χ3v) is 4.34. The molecule has 23 heavy (non-hydrogen) atoms. The number of piperidine rings is 1. The molecule has 0 bridgehead atoms. The molecule has 2 heterocycles. The van der Waals surface area contributed by atoms with Gasteiger partial charge < -0.3 is 5.11 Å². The first kappa shape index (κ1) is 15.6. The first-order valence-corrected chi connectivity index (χ1v) is 7.81. The van der Waals surface area contributed by atoms with E-state index in [1.165, 1.54) is 6.07 Å². The number of hydrogen-bond donors (Lipinski definition) is 1. The molecule has 1 aromatic heterocycles. The van der Waals surface area contributed by atoms with Gasteiger partial charge in [0, 0.05) is 24.5 Å². The highest BCUT2D eigenvalue weighted by atomic mass is 19.1. The minimum Gasteiger partial charge on any atom is -0.480 e. The van der Waals surface area contributed by atoms with Crippen LogP contribution in [0.15, 0.2) is 42.7 Å². The number of likely N-dealkylation sites (tertiary alicyclic amines) is 1. The number of benzene rings is 1. The standard InChI is InChI=1S/C18H19FN2O2/c19-16-11-14(13-6-8-20-9-7-13)4-5-15(16)12-21-10-2-1-3-17(21)18(22)23/h4-9,11,17H,1-3,10,12H2,(H,22,23). The number of aliphatic carboxylic acids is 1. The van der Waals surface area contributed by atoms with Crippen molar-refractivity contribution in [2.45, 2.75) is 31.8 Å². The van der Waals surface area contributed by atoms with Crippen molar-refractivity contribution in [2.75, 3.05) is 6.54 Å². The molecular weight excluding hydrogens is 295 g/mol. The highest BCUT2D eigenvalue weighted by Crippen LogP contribution is 2.24. The molecule has 1 aliphatic heterocycles. The molecule has 120 valence electrons. The molecule has 1 aromatic carbocycles. The number of pyridine rings is 1. The van der Waals surface area contributed by atoms with Gasteiger partial charge in [-0.3, -0.25) is 14.7 Å². The quantitative estimate of drug-likeness (QED) is 0.940. The van der Waals surface area contributed by atoms with E-state index in [0.717, 1.165) is 24.0 Å².